The zero-order valence-corrected chi connectivity index (χ0v) is 16.3. The number of carbonyl (C=O) groups is 2. The van der Waals surface area contributed by atoms with E-state index in [1.807, 2.05) is 29.2 Å². The van der Waals surface area contributed by atoms with Crippen molar-refractivity contribution in [3.05, 3.63) is 83.6 Å². The summed E-state index contributed by atoms with van der Waals surface area (Å²) >= 11 is 0. The Kier molecular flexibility index (Phi) is 4.99. The molecule has 0 aliphatic carbocycles. The van der Waals surface area contributed by atoms with E-state index in [9.17, 15) is 9.59 Å². The zero-order chi connectivity index (χ0) is 20.4. The number of carbonyl (C=O) groups excluding carboxylic acids is 2. The molecular weight excluding hydrogens is 366 g/mol. The van der Waals surface area contributed by atoms with Crippen molar-refractivity contribution < 1.29 is 14.3 Å². The standard InChI is InChI=1S/C23H21N3O3/c1-15-12-16-6-3-4-9-20(16)26(15)22(27)17-10-11-24-21(14-17)25-19-8-5-7-18(13-19)23(28)29-2/h3-11,13-15H,12H2,1-2H3,(H,24,25). The minimum Gasteiger partial charge on any atom is -0.465 e. The number of aromatic nitrogens is 1. The van der Waals surface area contributed by atoms with E-state index in [1.54, 1.807) is 36.5 Å². The summed E-state index contributed by atoms with van der Waals surface area (Å²) in [6, 6.07) is 18.5. The number of amides is 1. The summed E-state index contributed by atoms with van der Waals surface area (Å²) in [6.07, 6.45) is 2.45. The molecule has 0 saturated carbocycles. The lowest BCUT2D eigenvalue weighted by atomic mass is 10.1. The van der Waals surface area contributed by atoms with E-state index in [2.05, 4.69) is 23.3 Å². The van der Waals surface area contributed by atoms with Gasteiger partial charge in [-0.15, -0.1) is 0 Å². The van der Waals surface area contributed by atoms with Crippen LogP contribution in [0, 0.1) is 0 Å². The third-order valence-electron chi connectivity index (χ3n) is 4.99. The van der Waals surface area contributed by atoms with Crippen LogP contribution >= 0.6 is 0 Å². The van der Waals surface area contributed by atoms with Crippen molar-refractivity contribution in [1.82, 2.24) is 4.98 Å². The van der Waals surface area contributed by atoms with Gasteiger partial charge in [0.1, 0.15) is 5.82 Å². The largest absolute Gasteiger partial charge is 0.465 e. The number of esters is 1. The molecule has 0 fully saturated rings. The van der Waals surface area contributed by atoms with Gasteiger partial charge in [0.2, 0.25) is 0 Å². The van der Waals surface area contributed by atoms with E-state index in [0.717, 1.165) is 12.1 Å². The van der Waals surface area contributed by atoms with Crippen LogP contribution in [0.25, 0.3) is 0 Å². The van der Waals surface area contributed by atoms with Gasteiger partial charge in [0, 0.05) is 29.2 Å². The molecule has 1 aromatic heterocycles. The van der Waals surface area contributed by atoms with Gasteiger partial charge in [-0.05, 0) is 55.3 Å². The molecule has 1 aliphatic rings. The zero-order valence-electron chi connectivity index (χ0n) is 16.3. The molecule has 4 rings (SSSR count). The summed E-state index contributed by atoms with van der Waals surface area (Å²) in [7, 11) is 1.34. The predicted molar refractivity (Wildman–Crippen MR) is 112 cm³/mol. The topological polar surface area (TPSA) is 71.5 Å². The van der Waals surface area contributed by atoms with Crippen LogP contribution in [0.2, 0.25) is 0 Å². The number of benzene rings is 2. The highest BCUT2D eigenvalue weighted by molar-refractivity contribution is 6.08. The first-order valence-corrected chi connectivity index (χ1v) is 9.40. The maximum Gasteiger partial charge on any atom is 0.337 e. The Hall–Kier alpha value is -3.67. The molecule has 6 nitrogen and oxygen atoms in total. The number of pyridine rings is 1. The molecule has 0 saturated heterocycles. The maximum atomic E-state index is 13.2. The number of nitrogens with zero attached hydrogens (tertiary/aromatic N) is 2. The fourth-order valence-corrected chi connectivity index (χ4v) is 3.64. The molecule has 2 heterocycles. The number of rotatable bonds is 4. The summed E-state index contributed by atoms with van der Waals surface area (Å²) in [5.41, 5.74) is 3.81. The second kappa shape index (κ2) is 7.75. The van der Waals surface area contributed by atoms with Crippen LogP contribution in [0.5, 0.6) is 0 Å². The highest BCUT2D eigenvalue weighted by Crippen LogP contribution is 2.33. The first kappa shape index (κ1) is 18.7. The second-order valence-corrected chi connectivity index (χ2v) is 6.98. The van der Waals surface area contributed by atoms with Gasteiger partial charge < -0.3 is 15.0 Å². The molecule has 1 N–H and O–H groups in total. The number of hydrogen-bond acceptors (Lipinski definition) is 5. The first-order chi connectivity index (χ1) is 14.1. The lowest BCUT2D eigenvalue weighted by Gasteiger charge is -2.23. The van der Waals surface area contributed by atoms with Crippen LogP contribution in [0.1, 0.15) is 33.2 Å². The monoisotopic (exact) mass is 387 g/mol. The quantitative estimate of drug-likeness (QED) is 0.679. The van der Waals surface area contributed by atoms with Crippen LogP contribution in [-0.4, -0.2) is 30.0 Å². The molecule has 1 unspecified atom stereocenters. The Bertz CT molecular complexity index is 1080. The van der Waals surface area contributed by atoms with Crippen LogP contribution in [0.15, 0.2) is 66.9 Å². The van der Waals surface area contributed by atoms with E-state index < -0.39 is 5.97 Å². The smallest absolute Gasteiger partial charge is 0.337 e. The van der Waals surface area contributed by atoms with Gasteiger partial charge in [-0.25, -0.2) is 9.78 Å². The minimum atomic E-state index is -0.410. The SMILES string of the molecule is COC(=O)c1cccc(Nc2cc(C(=O)N3c4ccccc4CC3C)ccn2)c1. The highest BCUT2D eigenvalue weighted by atomic mass is 16.5. The van der Waals surface area contributed by atoms with Gasteiger partial charge >= 0.3 is 5.97 Å². The van der Waals surface area contributed by atoms with Gasteiger partial charge in [-0.1, -0.05) is 24.3 Å². The molecule has 0 radical (unpaired) electrons. The highest BCUT2D eigenvalue weighted by Gasteiger charge is 2.31. The molecule has 1 atom stereocenters. The third kappa shape index (κ3) is 3.69. The van der Waals surface area contributed by atoms with Gasteiger partial charge in [0.15, 0.2) is 0 Å². The molecule has 146 valence electrons. The van der Waals surface area contributed by atoms with Crippen LogP contribution in [0.3, 0.4) is 0 Å². The maximum absolute atomic E-state index is 13.2. The fraction of sp³-hybridized carbons (Fsp3) is 0.174. The Morgan fingerprint density at radius 1 is 1.07 bits per heavy atom. The Morgan fingerprint density at radius 2 is 1.90 bits per heavy atom. The van der Waals surface area contributed by atoms with Crippen molar-refractivity contribution in [2.45, 2.75) is 19.4 Å². The molecule has 2 aromatic carbocycles. The number of ether oxygens (including phenoxy) is 1. The fourth-order valence-electron chi connectivity index (χ4n) is 3.64. The van der Waals surface area contributed by atoms with E-state index in [4.69, 9.17) is 4.74 Å². The lowest BCUT2D eigenvalue weighted by molar-refractivity contribution is 0.0600. The summed E-state index contributed by atoms with van der Waals surface area (Å²) < 4.78 is 4.76. The van der Waals surface area contributed by atoms with E-state index in [1.165, 1.54) is 12.7 Å². The predicted octanol–water partition coefficient (Wildman–Crippen LogP) is 4.20. The number of nitrogens with one attached hydrogen (secondary N) is 1. The van der Waals surface area contributed by atoms with Crippen LogP contribution in [0.4, 0.5) is 17.2 Å². The Labute approximate surface area is 169 Å². The molecule has 3 aromatic rings. The Balaban J connectivity index is 1.58. The summed E-state index contributed by atoms with van der Waals surface area (Å²) in [5.74, 6) is 0.0569. The Morgan fingerprint density at radius 3 is 2.72 bits per heavy atom. The third-order valence-corrected chi connectivity index (χ3v) is 4.99. The number of methoxy groups -OCH3 is 1. The minimum absolute atomic E-state index is 0.0591. The van der Waals surface area contributed by atoms with E-state index >= 15 is 0 Å². The van der Waals surface area contributed by atoms with Gasteiger partial charge in [-0.3, -0.25) is 4.79 Å². The van der Waals surface area contributed by atoms with Gasteiger partial charge in [-0.2, -0.15) is 0 Å². The second-order valence-electron chi connectivity index (χ2n) is 6.98. The molecule has 0 spiro atoms. The van der Waals surface area contributed by atoms with Crippen molar-refractivity contribution in [3.8, 4) is 0 Å². The number of hydrogen-bond donors (Lipinski definition) is 1. The van der Waals surface area contributed by atoms with Crippen LogP contribution in [-0.2, 0) is 11.2 Å². The average molecular weight is 387 g/mol. The van der Waals surface area contributed by atoms with E-state index in [0.29, 0.717) is 22.6 Å². The summed E-state index contributed by atoms with van der Waals surface area (Å²) in [5, 5.41) is 3.15. The van der Waals surface area contributed by atoms with Gasteiger partial charge in [0.25, 0.3) is 5.91 Å². The van der Waals surface area contributed by atoms with Crippen molar-refractivity contribution in [3.63, 3.8) is 0 Å². The lowest BCUT2D eigenvalue weighted by Crippen LogP contribution is -2.35. The van der Waals surface area contributed by atoms with Crippen molar-refractivity contribution in [2.24, 2.45) is 0 Å². The number of fused-ring (bicyclic) bond motifs is 1. The average Bonchev–Trinajstić information content (AvgIpc) is 3.08. The van der Waals surface area contributed by atoms with Gasteiger partial charge in [0.05, 0.1) is 12.7 Å². The van der Waals surface area contributed by atoms with Crippen LogP contribution < -0.4 is 10.2 Å². The van der Waals surface area contributed by atoms with Crippen molar-refractivity contribution in [2.75, 3.05) is 17.3 Å². The summed E-state index contributed by atoms with van der Waals surface area (Å²) in [4.78, 5) is 31.1. The molecule has 29 heavy (non-hydrogen) atoms. The van der Waals surface area contributed by atoms with Crippen molar-refractivity contribution in [1.29, 1.82) is 0 Å². The summed E-state index contributed by atoms with van der Waals surface area (Å²) in [6.45, 7) is 2.05. The molecule has 1 amide bonds. The molecule has 6 heteroatoms. The molecular formula is C23H21N3O3. The molecule has 1 aliphatic heterocycles. The number of anilines is 3. The number of para-hydroxylation sites is 1. The first-order valence-electron chi connectivity index (χ1n) is 9.40. The van der Waals surface area contributed by atoms with E-state index in [-0.39, 0.29) is 11.9 Å². The molecule has 0 bridgehead atoms. The normalized spacial score (nSPS) is 15.0. The van der Waals surface area contributed by atoms with Crippen molar-refractivity contribution >= 4 is 29.1 Å².